The first-order chi connectivity index (χ1) is 35.0. The molecule has 0 fully saturated rings. The van der Waals surface area contributed by atoms with Crippen LogP contribution in [-0.4, -0.2) is 37.2 Å². The third kappa shape index (κ3) is 58.1. The summed E-state index contributed by atoms with van der Waals surface area (Å²) in [5.74, 6) is -0.876. The molecule has 1 atom stereocenters. The molecular weight excluding hydrogens is 877 g/mol. The Hall–Kier alpha value is -2.63. The lowest BCUT2D eigenvalue weighted by Crippen LogP contribution is -2.30. The maximum atomic E-state index is 12.9. The van der Waals surface area contributed by atoms with E-state index in [1.54, 1.807) is 0 Å². The van der Waals surface area contributed by atoms with E-state index in [1.807, 2.05) is 0 Å². The summed E-state index contributed by atoms with van der Waals surface area (Å²) in [6.45, 7) is 6.60. The van der Waals surface area contributed by atoms with Crippen LogP contribution in [0.25, 0.3) is 0 Å². The Kier molecular flexibility index (Phi) is 57.7. The number of carbonyl (C=O) groups excluding carboxylic acids is 3. The van der Waals surface area contributed by atoms with Crippen molar-refractivity contribution in [2.75, 3.05) is 13.2 Å². The van der Waals surface area contributed by atoms with Gasteiger partial charge in [-0.15, -0.1) is 0 Å². The predicted molar refractivity (Wildman–Crippen MR) is 307 cm³/mol. The molecule has 0 aliphatic heterocycles. The SMILES string of the molecule is CCC/C=C\CCCCCCCC(=O)OCC(COC(=O)CCCCCCCCCC/C=C\C/C=C\C/C=C\CCCCCCC)OC(=O)CCCCCCCCCCCCCCCCCCCCCC. The van der Waals surface area contributed by atoms with Crippen LogP contribution in [0.4, 0.5) is 0 Å². The van der Waals surface area contributed by atoms with Crippen molar-refractivity contribution in [3.8, 4) is 0 Å². The molecule has 1 unspecified atom stereocenters. The number of allylic oxidation sites excluding steroid dienone is 8. The molecule has 0 aliphatic carbocycles. The molecule has 0 amide bonds. The standard InChI is InChI=1S/C65H118O6/c1-4-7-10-13-16-19-22-24-26-28-30-32-33-34-36-37-39-41-43-46-49-52-55-58-64(67)70-61-62(60-69-63(66)57-54-51-48-45-21-18-15-12-9-6-3)71-65(68)59-56-53-50-47-44-42-40-38-35-31-29-27-25-23-20-17-14-11-8-5-2/h12,15,22,24,28,30,33-34,62H,4-11,13-14,16-21,23,25-27,29,31-32,35-61H2,1-3H3/b15-12-,24-22-,30-28-,34-33-. The van der Waals surface area contributed by atoms with Gasteiger partial charge in [0.05, 0.1) is 0 Å². The van der Waals surface area contributed by atoms with Crippen LogP contribution in [-0.2, 0) is 28.6 Å². The van der Waals surface area contributed by atoms with Crippen LogP contribution in [0.1, 0.15) is 329 Å². The van der Waals surface area contributed by atoms with Crippen molar-refractivity contribution in [1.29, 1.82) is 0 Å². The van der Waals surface area contributed by atoms with E-state index in [9.17, 15) is 14.4 Å². The molecule has 6 heteroatoms. The first-order valence-electron chi connectivity index (χ1n) is 31.1. The summed E-state index contributed by atoms with van der Waals surface area (Å²) in [4.78, 5) is 38.2. The topological polar surface area (TPSA) is 78.9 Å². The first-order valence-corrected chi connectivity index (χ1v) is 31.1. The van der Waals surface area contributed by atoms with Crippen molar-refractivity contribution < 1.29 is 28.6 Å². The van der Waals surface area contributed by atoms with Crippen LogP contribution < -0.4 is 0 Å². The van der Waals surface area contributed by atoms with Gasteiger partial charge in [-0.05, 0) is 77.0 Å². The van der Waals surface area contributed by atoms with Crippen LogP contribution >= 0.6 is 0 Å². The predicted octanol–water partition coefficient (Wildman–Crippen LogP) is 21.0. The summed E-state index contributed by atoms with van der Waals surface area (Å²) in [5, 5.41) is 0. The highest BCUT2D eigenvalue weighted by molar-refractivity contribution is 5.71. The zero-order valence-corrected chi connectivity index (χ0v) is 47.5. The van der Waals surface area contributed by atoms with E-state index in [2.05, 4.69) is 69.4 Å². The molecule has 0 radical (unpaired) electrons. The Balaban J connectivity index is 4.25. The van der Waals surface area contributed by atoms with Crippen LogP contribution in [0.3, 0.4) is 0 Å². The summed E-state index contributed by atoms with van der Waals surface area (Å²) in [6.07, 6.45) is 74.1. The van der Waals surface area contributed by atoms with Crippen LogP contribution in [0.2, 0.25) is 0 Å². The van der Waals surface area contributed by atoms with Gasteiger partial charge in [-0.1, -0.05) is 281 Å². The largest absolute Gasteiger partial charge is 0.462 e. The Labute approximate surface area is 441 Å². The highest BCUT2D eigenvalue weighted by Gasteiger charge is 2.19. The number of rotatable bonds is 57. The van der Waals surface area contributed by atoms with Gasteiger partial charge in [0.1, 0.15) is 13.2 Å². The quantitative estimate of drug-likeness (QED) is 0.0261. The molecule has 0 N–H and O–H groups in total. The molecule has 0 bridgehead atoms. The normalized spacial score (nSPS) is 12.3. The van der Waals surface area contributed by atoms with Gasteiger partial charge < -0.3 is 14.2 Å². The Morgan fingerprint density at radius 1 is 0.282 bits per heavy atom. The van der Waals surface area contributed by atoms with E-state index in [4.69, 9.17) is 14.2 Å². The molecule has 0 saturated carbocycles. The van der Waals surface area contributed by atoms with Crippen LogP contribution in [0, 0.1) is 0 Å². The summed E-state index contributed by atoms with van der Waals surface area (Å²) in [5.41, 5.74) is 0. The first kappa shape index (κ1) is 68.4. The Morgan fingerprint density at radius 2 is 0.535 bits per heavy atom. The molecule has 0 spiro atoms. The van der Waals surface area contributed by atoms with Gasteiger partial charge in [-0.25, -0.2) is 0 Å². The summed E-state index contributed by atoms with van der Waals surface area (Å²) >= 11 is 0. The molecule has 71 heavy (non-hydrogen) atoms. The highest BCUT2D eigenvalue weighted by Crippen LogP contribution is 2.17. The molecule has 0 rings (SSSR count). The fourth-order valence-corrected chi connectivity index (χ4v) is 9.10. The van der Waals surface area contributed by atoms with Gasteiger partial charge in [0.2, 0.25) is 0 Å². The van der Waals surface area contributed by atoms with Gasteiger partial charge in [-0.2, -0.15) is 0 Å². The number of ether oxygens (including phenoxy) is 3. The number of carbonyl (C=O) groups is 3. The minimum atomic E-state index is -0.777. The minimum absolute atomic E-state index is 0.0767. The smallest absolute Gasteiger partial charge is 0.306 e. The molecule has 0 heterocycles. The number of unbranched alkanes of at least 4 members (excludes halogenated alkanes) is 38. The lowest BCUT2D eigenvalue weighted by atomic mass is 10.0. The monoisotopic (exact) mass is 995 g/mol. The molecule has 0 aromatic carbocycles. The van der Waals surface area contributed by atoms with Crippen molar-refractivity contribution in [2.24, 2.45) is 0 Å². The maximum absolute atomic E-state index is 12.9. The Bertz CT molecular complexity index is 1230. The molecule has 414 valence electrons. The van der Waals surface area contributed by atoms with E-state index in [1.165, 1.54) is 199 Å². The van der Waals surface area contributed by atoms with E-state index in [0.717, 1.165) is 89.9 Å². The summed E-state index contributed by atoms with van der Waals surface area (Å²) in [7, 11) is 0. The number of esters is 3. The third-order valence-electron chi connectivity index (χ3n) is 13.8. The second kappa shape index (κ2) is 59.9. The number of hydrogen-bond acceptors (Lipinski definition) is 6. The zero-order chi connectivity index (χ0) is 51.4. The summed E-state index contributed by atoms with van der Waals surface area (Å²) < 4.78 is 16.9. The lowest BCUT2D eigenvalue weighted by molar-refractivity contribution is -0.167. The average molecular weight is 996 g/mol. The Morgan fingerprint density at radius 3 is 0.859 bits per heavy atom. The fourth-order valence-electron chi connectivity index (χ4n) is 9.10. The van der Waals surface area contributed by atoms with Crippen molar-refractivity contribution in [3.05, 3.63) is 48.6 Å². The van der Waals surface area contributed by atoms with Crippen molar-refractivity contribution in [2.45, 2.75) is 335 Å². The molecule has 0 aromatic rings. The highest BCUT2D eigenvalue weighted by atomic mass is 16.6. The van der Waals surface area contributed by atoms with Gasteiger partial charge in [-0.3, -0.25) is 14.4 Å². The molecule has 0 saturated heterocycles. The van der Waals surface area contributed by atoms with Crippen LogP contribution in [0.15, 0.2) is 48.6 Å². The van der Waals surface area contributed by atoms with E-state index >= 15 is 0 Å². The zero-order valence-electron chi connectivity index (χ0n) is 47.5. The van der Waals surface area contributed by atoms with Crippen molar-refractivity contribution in [1.82, 2.24) is 0 Å². The van der Waals surface area contributed by atoms with Gasteiger partial charge >= 0.3 is 17.9 Å². The minimum Gasteiger partial charge on any atom is -0.462 e. The van der Waals surface area contributed by atoms with E-state index in [0.29, 0.717) is 19.3 Å². The summed E-state index contributed by atoms with van der Waals surface area (Å²) in [6, 6.07) is 0. The van der Waals surface area contributed by atoms with E-state index < -0.39 is 6.10 Å². The third-order valence-corrected chi connectivity index (χ3v) is 13.8. The van der Waals surface area contributed by atoms with E-state index in [-0.39, 0.29) is 31.1 Å². The number of hydrogen-bond donors (Lipinski definition) is 0. The maximum Gasteiger partial charge on any atom is 0.306 e. The molecular formula is C65H118O6. The van der Waals surface area contributed by atoms with Gasteiger partial charge in [0.15, 0.2) is 6.10 Å². The molecule has 0 aliphatic rings. The fraction of sp³-hybridized carbons (Fsp3) is 0.831. The molecule has 0 aromatic heterocycles. The lowest BCUT2D eigenvalue weighted by Gasteiger charge is -2.18. The molecule has 6 nitrogen and oxygen atoms in total. The second-order valence-electron chi connectivity index (χ2n) is 21.0. The van der Waals surface area contributed by atoms with Crippen molar-refractivity contribution >= 4 is 17.9 Å². The van der Waals surface area contributed by atoms with Gasteiger partial charge in [0.25, 0.3) is 0 Å². The van der Waals surface area contributed by atoms with Crippen LogP contribution in [0.5, 0.6) is 0 Å². The average Bonchev–Trinajstić information content (AvgIpc) is 3.37. The van der Waals surface area contributed by atoms with Gasteiger partial charge in [0, 0.05) is 19.3 Å². The van der Waals surface area contributed by atoms with Crippen molar-refractivity contribution in [3.63, 3.8) is 0 Å². The second-order valence-corrected chi connectivity index (χ2v) is 21.0.